The summed E-state index contributed by atoms with van der Waals surface area (Å²) in [5.41, 5.74) is 2.56. The molecule has 0 aromatic heterocycles. The van der Waals surface area contributed by atoms with E-state index in [2.05, 4.69) is 0 Å². The molecule has 1 unspecified atom stereocenters. The fourth-order valence-electron chi connectivity index (χ4n) is 3.96. The molecular weight excluding hydrogens is 358 g/mol. The van der Waals surface area contributed by atoms with E-state index in [0.29, 0.717) is 30.0 Å². The number of Topliss-reactive ketones (excluding diaryl/α,β-unsaturated/α-hetero) is 1. The zero-order valence-electron chi connectivity index (χ0n) is 15.8. The van der Waals surface area contributed by atoms with E-state index in [9.17, 15) is 14.7 Å². The zero-order chi connectivity index (χ0) is 19.8. The number of ketones is 1. The van der Waals surface area contributed by atoms with Crippen molar-refractivity contribution in [3.63, 3.8) is 0 Å². The number of rotatable bonds is 3. The molecular formula is C22H21NO5. The van der Waals surface area contributed by atoms with Crippen molar-refractivity contribution in [3.05, 3.63) is 58.7 Å². The van der Waals surface area contributed by atoms with Crippen molar-refractivity contribution in [2.75, 3.05) is 20.8 Å². The predicted octanol–water partition coefficient (Wildman–Crippen LogP) is 2.89. The molecule has 2 heterocycles. The van der Waals surface area contributed by atoms with Gasteiger partial charge in [-0.2, -0.15) is 0 Å². The quantitative estimate of drug-likeness (QED) is 0.656. The number of methoxy groups -OCH3 is 2. The van der Waals surface area contributed by atoms with Crippen LogP contribution in [0.15, 0.2) is 42.0 Å². The van der Waals surface area contributed by atoms with Crippen LogP contribution in [0.3, 0.4) is 0 Å². The van der Waals surface area contributed by atoms with Crippen LogP contribution >= 0.6 is 0 Å². The fourth-order valence-corrected chi connectivity index (χ4v) is 3.96. The number of nitrogens with zero attached hydrogens (tertiary/aromatic N) is 1. The number of carbonyl (C=O) groups is 2. The number of carbonyl (C=O) groups excluding carboxylic acids is 2. The van der Waals surface area contributed by atoms with Crippen LogP contribution in [0.1, 0.15) is 29.2 Å². The van der Waals surface area contributed by atoms with Gasteiger partial charge in [0.15, 0.2) is 17.3 Å². The molecule has 0 radical (unpaired) electrons. The molecule has 1 N–H and O–H groups in total. The third kappa shape index (κ3) is 2.91. The van der Waals surface area contributed by atoms with Gasteiger partial charge in [0.2, 0.25) is 0 Å². The molecule has 1 saturated heterocycles. The smallest absolute Gasteiger partial charge is 0.258 e. The predicted molar refractivity (Wildman–Crippen MR) is 103 cm³/mol. The summed E-state index contributed by atoms with van der Waals surface area (Å²) >= 11 is 0. The van der Waals surface area contributed by atoms with Crippen molar-refractivity contribution in [3.8, 4) is 17.2 Å². The van der Waals surface area contributed by atoms with Crippen molar-refractivity contribution in [2.45, 2.75) is 18.9 Å². The molecule has 1 fully saturated rings. The number of ether oxygens (including phenoxy) is 2. The van der Waals surface area contributed by atoms with E-state index >= 15 is 0 Å². The Balaban J connectivity index is 1.72. The lowest BCUT2D eigenvalue weighted by Crippen LogP contribution is -2.46. The zero-order valence-corrected chi connectivity index (χ0v) is 15.8. The number of hydrogen-bond donors (Lipinski definition) is 1. The van der Waals surface area contributed by atoms with E-state index in [1.54, 1.807) is 37.3 Å². The molecule has 0 aliphatic carbocycles. The van der Waals surface area contributed by atoms with E-state index in [-0.39, 0.29) is 35.5 Å². The topological polar surface area (TPSA) is 76.1 Å². The number of fused-ring (bicyclic) bond motifs is 3. The fraction of sp³-hybridized carbons (Fsp3) is 0.273. The second-order valence-electron chi connectivity index (χ2n) is 6.91. The van der Waals surface area contributed by atoms with Gasteiger partial charge in [0, 0.05) is 18.5 Å². The standard InChI is InChI=1S/C22H21NO5/c1-27-20-10-13-7-8-23-17(15(13)11-21(20)28-2)12-19(25)16(22(23)26)9-14-5-3-4-6-18(14)24/h3-6,9-11,17,24H,7-8,12H2,1-2H3. The Bertz CT molecular complexity index is 994. The Morgan fingerprint density at radius 2 is 1.82 bits per heavy atom. The van der Waals surface area contributed by atoms with E-state index < -0.39 is 0 Å². The summed E-state index contributed by atoms with van der Waals surface area (Å²) in [4.78, 5) is 27.6. The average Bonchev–Trinajstić information content (AvgIpc) is 2.71. The van der Waals surface area contributed by atoms with E-state index in [4.69, 9.17) is 9.47 Å². The third-order valence-electron chi connectivity index (χ3n) is 5.41. The van der Waals surface area contributed by atoms with Crippen molar-refractivity contribution < 1.29 is 24.2 Å². The molecule has 4 rings (SSSR count). The first-order chi connectivity index (χ1) is 13.5. The van der Waals surface area contributed by atoms with Crippen molar-refractivity contribution in [1.29, 1.82) is 0 Å². The van der Waals surface area contributed by atoms with Crippen LogP contribution in [0.25, 0.3) is 6.08 Å². The number of phenols is 1. The number of piperidine rings is 1. The Morgan fingerprint density at radius 1 is 1.11 bits per heavy atom. The Kier molecular flexibility index (Phi) is 4.55. The van der Waals surface area contributed by atoms with Crippen LogP contribution in [0.4, 0.5) is 0 Å². The molecule has 2 aliphatic rings. The second kappa shape index (κ2) is 7.03. The van der Waals surface area contributed by atoms with Gasteiger partial charge in [-0.15, -0.1) is 0 Å². The van der Waals surface area contributed by atoms with Crippen molar-refractivity contribution >= 4 is 17.8 Å². The molecule has 1 amide bonds. The van der Waals surface area contributed by atoms with Gasteiger partial charge in [-0.1, -0.05) is 18.2 Å². The maximum absolute atomic E-state index is 13.1. The molecule has 0 spiro atoms. The highest BCUT2D eigenvalue weighted by Gasteiger charge is 2.41. The summed E-state index contributed by atoms with van der Waals surface area (Å²) in [7, 11) is 3.15. The van der Waals surface area contributed by atoms with Gasteiger partial charge in [0.05, 0.1) is 25.8 Å². The Hall–Kier alpha value is -3.28. The van der Waals surface area contributed by atoms with Gasteiger partial charge in [-0.05, 0) is 41.8 Å². The van der Waals surface area contributed by atoms with Crippen molar-refractivity contribution in [2.24, 2.45) is 0 Å². The normalized spacial score (nSPS) is 20.0. The molecule has 2 aromatic carbocycles. The Labute approximate surface area is 163 Å². The lowest BCUT2D eigenvalue weighted by molar-refractivity contribution is -0.136. The van der Waals surface area contributed by atoms with Gasteiger partial charge >= 0.3 is 0 Å². The maximum Gasteiger partial charge on any atom is 0.258 e. The largest absolute Gasteiger partial charge is 0.507 e. The lowest BCUT2D eigenvalue weighted by Gasteiger charge is -2.40. The first-order valence-corrected chi connectivity index (χ1v) is 9.12. The average molecular weight is 379 g/mol. The highest BCUT2D eigenvalue weighted by atomic mass is 16.5. The number of hydrogen-bond acceptors (Lipinski definition) is 5. The van der Waals surface area contributed by atoms with Gasteiger partial charge < -0.3 is 19.5 Å². The molecule has 0 saturated carbocycles. The van der Waals surface area contributed by atoms with Crippen LogP contribution < -0.4 is 9.47 Å². The van der Waals surface area contributed by atoms with Crippen LogP contribution in [0.2, 0.25) is 0 Å². The third-order valence-corrected chi connectivity index (χ3v) is 5.41. The van der Waals surface area contributed by atoms with Crippen LogP contribution in [-0.4, -0.2) is 42.5 Å². The summed E-state index contributed by atoms with van der Waals surface area (Å²) in [5.74, 6) is 0.738. The molecule has 6 nitrogen and oxygen atoms in total. The number of amides is 1. The minimum absolute atomic E-state index is 0.0403. The van der Waals surface area contributed by atoms with E-state index in [1.807, 2.05) is 12.1 Å². The number of aromatic hydroxyl groups is 1. The molecule has 0 bridgehead atoms. The Morgan fingerprint density at radius 3 is 2.54 bits per heavy atom. The number of phenolic OH excluding ortho intramolecular Hbond substituents is 1. The highest BCUT2D eigenvalue weighted by molar-refractivity contribution is 6.24. The molecule has 144 valence electrons. The van der Waals surface area contributed by atoms with Crippen LogP contribution in [0.5, 0.6) is 17.2 Å². The van der Waals surface area contributed by atoms with Crippen LogP contribution in [-0.2, 0) is 16.0 Å². The van der Waals surface area contributed by atoms with Gasteiger partial charge in [-0.25, -0.2) is 0 Å². The van der Waals surface area contributed by atoms with E-state index in [1.165, 1.54) is 12.1 Å². The minimum Gasteiger partial charge on any atom is -0.507 e. The van der Waals surface area contributed by atoms with E-state index in [0.717, 1.165) is 11.1 Å². The van der Waals surface area contributed by atoms with Crippen LogP contribution in [0, 0.1) is 0 Å². The molecule has 2 aromatic rings. The summed E-state index contributed by atoms with van der Waals surface area (Å²) in [6, 6.07) is 10.1. The van der Waals surface area contributed by atoms with Gasteiger partial charge in [-0.3, -0.25) is 9.59 Å². The summed E-state index contributed by atoms with van der Waals surface area (Å²) in [5, 5.41) is 9.98. The van der Waals surface area contributed by atoms with Gasteiger partial charge in [0.1, 0.15) is 5.75 Å². The number of para-hydroxylation sites is 1. The minimum atomic E-state index is -0.315. The summed E-state index contributed by atoms with van der Waals surface area (Å²) in [6.07, 6.45) is 2.37. The number of benzene rings is 2. The molecule has 2 aliphatic heterocycles. The van der Waals surface area contributed by atoms with Crippen molar-refractivity contribution in [1.82, 2.24) is 4.90 Å². The monoisotopic (exact) mass is 379 g/mol. The second-order valence-corrected chi connectivity index (χ2v) is 6.91. The molecule has 1 atom stereocenters. The first kappa shape index (κ1) is 18.1. The first-order valence-electron chi connectivity index (χ1n) is 9.12. The summed E-state index contributed by atoms with van der Waals surface area (Å²) in [6.45, 7) is 0.525. The SMILES string of the molecule is COc1cc2c(cc1OC)C1CC(=O)C(=Cc3ccccc3O)C(=O)N1CC2. The molecule has 6 heteroatoms. The maximum atomic E-state index is 13.1. The molecule has 28 heavy (non-hydrogen) atoms. The van der Waals surface area contributed by atoms with Gasteiger partial charge in [0.25, 0.3) is 5.91 Å². The lowest BCUT2D eigenvalue weighted by atomic mass is 9.83. The highest BCUT2D eigenvalue weighted by Crippen LogP contribution is 2.42. The summed E-state index contributed by atoms with van der Waals surface area (Å²) < 4.78 is 10.8.